The van der Waals surface area contributed by atoms with Gasteiger partial charge in [-0.2, -0.15) is 0 Å². The van der Waals surface area contributed by atoms with Gasteiger partial charge in [-0.25, -0.2) is 0 Å². The van der Waals surface area contributed by atoms with Crippen LogP contribution in [0.5, 0.6) is 5.75 Å². The summed E-state index contributed by atoms with van der Waals surface area (Å²) in [4.78, 5) is 14.2. The first-order chi connectivity index (χ1) is 8.47. The molecule has 0 radical (unpaired) electrons. The van der Waals surface area contributed by atoms with Crippen molar-refractivity contribution >= 4 is 17.5 Å². The summed E-state index contributed by atoms with van der Waals surface area (Å²) in [6, 6.07) is 4.57. The summed E-state index contributed by atoms with van der Waals surface area (Å²) in [7, 11) is 0. The Balaban J connectivity index is 2.22. The van der Waals surface area contributed by atoms with Crippen LogP contribution >= 0.6 is 11.6 Å². The van der Waals surface area contributed by atoms with E-state index in [0.29, 0.717) is 22.4 Å². The highest BCUT2D eigenvalue weighted by atomic mass is 35.5. The van der Waals surface area contributed by atoms with Crippen LogP contribution in [0, 0.1) is 11.8 Å². The zero-order chi connectivity index (χ0) is 13.3. The summed E-state index contributed by atoms with van der Waals surface area (Å²) < 4.78 is 0. The Morgan fingerprint density at radius 1 is 1.33 bits per heavy atom. The molecule has 1 aliphatic heterocycles. The Bertz CT molecular complexity index is 451. The van der Waals surface area contributed by atoms with Crippen LogP contribution in [0.3, 0.4) is 0 Å². The number of carbonyl (C=O) groups excluding carboxylic acids is 1. The highest BCUT2D eigenvalue weighted by molar-refractivity contribution is 6.31. The van der Waals surface area contributed by atoms with Gasteiger partial charge in [-0.1, -0.05) is 25.4 Å². The number of rotatable bonds is 1. The van der Waals surface area contributed by atoms with Crippen molar-refractivity contribution < 1.29 is 9.90 Å². The molecular weight excluding hydrogens is 250 g/mol. The zero-order valence-electron chi connectivity index (χ0n) is 10.7. The maximum atomic E-state index is 12.4. The molecule has 0 bridgehead atoms. The SMILES string of the molecule is CC1CC(C)CN(C(=O)c2cc(Cl)ccc2O)C1. The number of piperidine rings is 1. The molecule has 1 aromatic rings. The lowest BCUT2D eigenvalue weighted by atomic mass is 9.91. The molecule has 0 aliphatic carbocycles. The summed E-state index contributed by atoms with van der Waals surface area (Å²) in [5.41, 5.74) is 0.295. The molecular formula is C14H18ClNO2. The number of benzene rings is 1. The average Bonchev–Trinajstić information content (AvgIpc) is 2.30. The number of likely N-dealkylation sites (tertiary alicyclic amines) is 1. The second-order valence-corrected chi connectivity index (χ2v) is 5.75. The predicted octanol–water partition coefficient (Wildman–Crippen LogP) is 3.16. The van der Waals surface area contributed by atoms with E-state index >= 15 is 0 Å². The molecule has 2 unspecified atom stereocenters. The molecule has 1 fully saturated rings. The first-order valence-electron chi connectivity index (χ1n) is 6.25. The summed E-state index contributed by atoms with van der Waals surface area (Å²) in [5, 5.41) is 10.2. The molecule has 2 rings (SSSR count). The summed E-state index contributed by atoms with van der Waals surface area (Å²) in [5.74, 6) is 0.863. The fraction of sp³-hybridized carbons (Fsp3) is 0.500. The number of hydrogen-bond acceptors (Lipinski definition) is 2. The lowest BCUT2D eigenvalue weighted by Crippen LogP contribution is -2.42. The molecule has 4 heteroatoms. The second kappa shape index (κ2) is 5.19. The van der Waals surface area contributed by atoms with Crippen LogP contribution in [0.2, 0.25) is 5.02 Å². The Kier molecular flexibility index (Phi) is 3.81. The number of amides is 1. The first kappa shape index (κ1) is 13.2. The molecule has 98 valence electrons. The minimum absolute atomic E-state index is 0.00437. The van der Waals surface area contributed by atoms with Crippen molar-refractivity contribution in [3.8, 4) is 5.75 Å². The van der Waals surface area contributed by atoms with Gasteiger partial charge in [0.25, 0.3) is 5.91 Å². The number of phenols is 1. The van der Waals surface area contributed by atoms with E-state index in [1.165, 1.54) is 12.1 Å². The highest BCUT2D eigenvalue weighted by Crippen LogP contribution is 2.27. The summed E-state index contributed by atoms with van der Waals surface area (Å²) >= 11 is 5.88. The number of nitrogens with zero attached hydrogens (tertiary/aromatic N) is 1. The van der Waals surface area contributed by atoms with E-state index in [0.717, 1.165) is 19.5 Å². The maximum Gasteiger partial charge on any atom is 0.257 e. The van der Waals surface area contributed by atoms with Gasteiger partial charge in [0.2, 0.25) is 0 Å². The van der Waals surface area contributed by atoms with Crippen molar-refractivity contribution in [2.24, 2.45) is 11.8 Å². The molecule has 3 nitrogen and oxygen atoms in total. The van der Waals surface area contributed by atoms with Gasteiger partial charge in [0.05, 0.1) is 5.56 Å². The van der Waals surface area contributed by atoms with Gasteiger partial charge in [0.15, 0.2) is 0 Å². The normalized spacial score (nSPS) is 24.1. The molecule has 1 N–H and O–H groups in total. The largest absolute Gasteiger partial charge is 0.507 e. The molecule has 0 saturated carbocycles. The fourth-order valence-electron chi connectivity index (χ4n) is 2.68. The van der Waals surface area contributed by atoms with Crippen molar-refractivity contribution in [2.45, 2.75) is 20.3 Å². The van der Waals surface area contributed by atoms with Crippen molar-refractivity contribution in [3.05, 3.63) is 28.8 Å². The summed E-state index contributed by atoms with van der Waals surface area (Å²) in [6.07, 6.45) is 1.14. The Hall–Kier alpha value is -1.22. The molecule has 0 aromatic heterocycles. The van der Waals surface area contributed by atoms with Gasteiger partial charge in [0.1, 0.15) is 5.75 Å². The van der Waals surface area contributed by atoms with Crippen LogP contribution in [0.1, 0.15) is 30.6 Å². The molecule has 1 amide bonds. The lowest BCUT2D eigenvalue weighted by molar-refractivity contribution is 0.0620. The lowest BCUT2D eigenvalue weighted by Gasteiger charge is -2.35. The number of phenolic OH excluding ortho intramolecular Hbond substituents is 1. The Morgan fingerprint density at radius 3 is 2.56 bits per heavy atom. The molecule has 1 aromatic carbocycles. The number of carbonyl (C=O) groups is 1. The third kappa shape index (κ3) is 2.78. The van der Waals surface area contributed by atoms with Crippen molar-refractivity contribution in [1.82, 2.24) is 4.90 Å². The van der Waals surface area contributed by atoms with E-state index < -0.39 is 0 Å². The standard InChI is InChI=1S/C14H18ClNO2/c1-9-5-10(2)8-16(7-9)14(18)12-6-11(15)3-4-13(12)17/h3-4,6,9-10,17H,5,7-8H2,1-2H3. The fourth-order valence-corrected chi connectivity index (χ4v) is 2.85. The molecule has 1 aliphatic rings. The van der Waals surface area contributed by atoms with Gasteiger partial charge in [0, 0.05) is 18.1 Å². The van der Waals surface area contributed by atoms with E-state index in [1.54, 1.807) is 6.07 Å². The van der Waals surface area contributed by atoms with Crippen LogP contribution in [0.15, 0.2) is 18.2 Å². The highest BCUT2D eigenvalue weighted by Gasteiger charge is 2.27. The molecule has 0 spiro atoms. The molecule has 1 heterocycles. The van der Waals surface area contributed by atoms with E-state index in [2.05, 4.69) is 13.8 Å². The quantitative estimate of drug-likeness (QED) is 0.849. The van der Waals surface area contributed by atoms with Gasteiger partial charge >= 0.3 is 0 Å². The zero-order valence-corrected chi connectivity index (χ0v) is 11.4. The minimum Gasteiger partial charge on any atom is -0.507 e. The van der Waals surface area contributed by atoms with Gasteiger partial charge in [-0.15, -0.1) is 0 Å². The van der Waals surface area contributed by atoms with Gasteiger partial charge < -0.3 is 10.0 Å². The topological polar surface area (TPSA) is 40.5 Å². The Labute approximate surface area is 112 Å². The monoisotopic (exact) mass is 267 g/mol. The maximum absolute atomic E-state index is 12.4. The van der Waals surface area contributed by atoms with Crippen LogP contribution in [0.4, 0.5) is 0 Å². The van der Waals surface area contributed by atoms with Crippen molar-refractivity contribution in [2.75, 3.05) is 13.1 Å². The first-order valence-corrected chi connectivity index (χ1v) is 6.63. The molecule has 2 atom stereocenters. The van der Waals surface area contributed by atoms with Crippen LogP contribution in [0.25, 0.3) is 0 Å². The minimum atomic E-state index is -0.131. The van der Waals surface area contributed by atoms with Crippen molar-refractivity contribution in [3.63, 3.8) is 0 Å². The Morgan fingerprint density at radius 2 is 1.94 bits per heavy atom. The van der Waals surface area contributed by atoms with E-state index in [-0.39, 0.29) is 11.7 Å². The van der Waals surface area contributed by atoms with E-state index in [4.69, 9.17) is 11.6 Å². The smallest absolute Gasteiger partial charge is 0.257 e. The van der Waals surface area contributed by atoms with Crippen LogP contribution in [-0.2, 0) is 0 Å². The second-order valence-electron chi connectivity index (χ2n) is 5.32. The number of hydrogen-bond donors (Lipinski definition) is 1. The molecule has 18 heavy (non-hydrogen) atoms. The third-order valence-electron chi connectivity index (χ3n) is 3.35. The molecule has 1 saturated heterocycles. The van der Waals surface area contributed by atoms with Gasteiger partial charge in [-0.3, -0.25) is 4.79 Å². The van der Waals surface area contributed by atoms with Crippen LogP contribution in [-0.4, -0.2) is 29.0 Å². The number of halogens is 1. The number of aromatic hydroxyl groups is 1. The third-order valence-corrected chi connectivity index (χ3v) is 3.58. The van der Waals surface area contributed by atoms with Crippen molar-refractivity contribution in [1.29, 1.82) is 0 Å². The average molecular weight is 268 g/mol. The predicted molar refractivity (Wildman–Crippen MR) is 72.0 cm³/mol. The van der Waals surface area contributed by atoms with Gasteiger partial charge in [-0.05, 0) is 36.5 Å². The van der Waals surface area contributed by atoms with E-state index in [1.807, 2.05) is 4.90 Å². The van der Waals surface area contributed by atoms with E-state index in [9.17, 15) is 9.90 Å². The van der Waals surface area contributed by atoms with Crippen LogP contribution < -0.4 is 0 Å². The summed E-state index contributed by atoms with van der Waals surface area (Å²) in [6.45, 7) is 5.78.